The van der Waals surface area contributed by atoms with Gasteiger partial charge in [0.25, 0.3) is 5.91 Å². The van der Waals surface area contributed by atoms with Crippen LogP contribution in [0.4, 0.5) is 10.8 Å². The molecule has 0 bridgehead atoms. The van der Waals surface area contributed by atoms with E-state index >= 15 is 0 Å². The zero-order valence-electron chi connectivity index (χ0n) is 13.6. The monoisotopic (exact) mass is 342 g/mol. The highest BCUT2D eigenvalue weighted by atomic mass is 32.1. The van der Waals surface area contributed by atoms with Crippen molar-refractivity contribution in [1.29, 1.82) is 0 Å². The van der Waals surface area contributed by atoms with E-state index in [1.54, 1.807) is 35.3 Å². The molecule has 24 heavy (non-hydrogen) atoms. The van der Waals surface area contributed by atoms with Crippen LogP contribution in [0.25, 0.3) is 5.00 Å². The molecule has 0 aliphatic rings. The Hall–Kier alpha value is -2.74. The number of nitrogens with one attached hydrogen (secondary N) is 1. The number of aromatic nitrogens is 4. The van der Waals surface area contributed by atoms with Gasteiger partial charge in [0.15, 0.2) is 5.13 Å². The molecule has 0 fully saturated rings. The minimum absolute atomic E-state index is 0.193. The molecule has 2 aromatic heterocycles. The predicted octanol–water partition coefficient (Wildman–Crippen LogP) is 2.86. The normalized spacial score (nSPS) is 11.5. The fraction of sp³-hybridized carbons (Fsp3) is 0.250. The van der Waals surface area contributed by atoms with Crippen LogP contribution in [0.1, 0.15) is 36.8 Å². The van der Waals surface area contributed by atoms with Crippen LogP contribution in [0, 0.1) is 0 Å². The molecule has 3 aromatic rings. The zero-order chi connectivity index (χ0) is 17.3. The van der Waals surface area contributed by atoms with Crippen LogP contribution in [0.15, 0.2) is 36.9 Å². The Morgan fingerprint density at radius 2 is 1.96 bits per heavy atom. The quantitative estimate of drug-likeness (QED) is 0.713. The van der Waals surface area contributed by atoms with Crippen molar-refractivity contribution in [2.45, 2.75) is 26.2 Å². The lowest BCUT2D eigenvalue weighted by atomic mass is 9.92. The van der Waals surface area contributed by atoms with Gasteiger partial charge in [0, 0.05) is 16.7 Å². The minimum atomic E-state index is -0.227. The van der Waals surface area contributed by atoms with Crippen molar-refractivity contribution in [2.75, 3.05) is 11.1 Å². The van der Waals surface area contributed by atoms with E-state index in [4.69, 9.17) is 5.73 Å². The second-order valence-electron chi connectivity index (χ2n) is 6.34. The van der Waals surface area contributed by atoms with E-state index in [1.165, 1.54) is 17.7 Å². The first-order valence-electron chi connectivity index (χ1n) is 7.38. The van der Waals surface area contributed by atoms with Crippen molar-refractivity contribution in [3.8, 4) is 5.00 Å². The first-order valence-corrected chi connectivity index (χ1v) is 8.19. The van der Waals surface area contributed by atoms with Gasteiger partial charge in [0.05, 0.1) is 5.69 Å². The Kier molecular flexibility index (Phi) is 4.06. The van der Waals surface area contributed by atoms with E-state index in [9.17, 15) is 4.79 Å². The summed E-state index contributed by atoms with van der Waals surface area (Å²) < 4.78 is 1.66. The first kappa shape index (κ1) is 16.1. The minimum Gasteiger partial charge on any atom is -0.399 e. The van der Waals surface area contributed by atoms with Crippen molar-refractivity contribution in [1.82, 2.24) is 19.7 Å². The maximum atomic E-state index is 12.4. The Labute approximate surface area is 143 Å². The van der Waals surface area contributed by atoms with Gasteiger partial charge >= 0.3 is 0 Å². The zero-order valence-corrected chi connectivity index (χ0v) is 14.5. The third-order valence-corrected chi connectivity index (χ3v) is 4.30. The number of hydrogen-bond acceptors (Lipinski definition) is 6. The fourth-order valence-corrected chi connectivity index (χ4v) is 3.23. The van der Waals surface area contributed by atoms with E-state index in [0.29, 0.717) is 16.4 Å². The summed E-state index contributed by atoms with van der Waals surface area (Å²) in [5.74, 6) is -0.227. The van der Waals surface area contributed by atoms with Crippen molar-refractivity contribution < 1.29 is 4.79 Å². The predicted molar refractivity (Wildman–Crippen MR) is 94.5 cm³/mol. The first-order chi connectivity index (χ1) is 11.3. The van der Waals surface area contributed by atoms with Crippen molar-refractivity contribution >= 4 is 28.1 Å². The van der Waals surface area contributed by atoms with Crippen LogP contribution < -0.4 is 11.1 Å². The number of nitrogens with zero attached hydrogens (tertiary/aromatic N) is 4. The molecule has 0 saturated carbocycles. The molecule has 0 atom stereocenters. The number of amides is 1. The molecule has 7 nitrogen and oxygen atoms in total. The van der Waals surface area contributed by atoms with E-state index in [2.05, 4.69) is 41.2 Å². The Morgan fingerprint density at radius 1 is 1.25 bits per heavy atom. The molecule has 1 aromatic carbocycles. The molecule has 0 aliphatic carbocycles. The van der Waals surface area contributed by atoms with Gasteiger partial charge in [0.1, 0.15) is 17.7 Å². The summed E-state index contributed by atoms with van der Waals surface area (Å²) in [5.41, 5.74) is 7.45. The Balaban J connectivity index is 1.92. The van der Waals surface area contributed by atoms with Gasteiger partial charge in [-0.2, -0.15) is 5.10 Å². The van der Waals surface area contributed by atoms with Gasteiger partial charge in [-0.3, -0.25) is 10.1 Å². The van der Waals surface area contributed by atoms with Crippen molar-refractivity contribution in [3.05, 3.63) is 48.2 Å². The lowest BCUT2D eigenvalue weighted by molar-refractivity contribution is 0.102. The standard InChI is InChI=1S/C16H18N6OS/c1-16(2,3)12-14(22-9-18-8-19-22)24-15(20-12)21-13(23)10-4-6-11(17)7-5-10/h4-9H,17H2,1-3H3,(H,20,21,23). The van der Waals surface area contributed by atoms with E-state index in [-0.39, 0.29) is 11.3 Å². The molecule has 3 rings (SSSR count). The highest BCUT2D eigenvalue weighted by Crippen LogP contribution is 2.34. The van der Waals surface area contributed by atoms with Crippen LogP contribution >= 0.6 is 11.3 Å². The van der Waals surface area contributed by atoms with Gasteiger partial charge < -0.3 is 5.73 Å². The summed E-state index contributed by atoms with van der Waals surface area (Å²) in [5, 5.41) is 8.37. The number of carbonyl (C=O) groups is 1. The van der Waals surface area contributed by atoms with Crippen molar-refractivity contribution in [2.24, 2.45) is 0 Å². The number of carbonyl (C=O) groups excluding carboxylic acids is 1. The molecule has 0 unspecified atom stereocenters. The number of nitrogen functional groups attached to an aromatic ring is 1. The average Bonchev–Trinajstić information content (AvgIpc) is 3.15. The molecule has 8 heteroatoms. The highest BCUT2D eigenvalue weighted by molar-refractivity contribution is 7.18. The molecule has 0 aliphatic heterocycles. The topological polar surface area (TPSA) is 98.7 Å². The van der Waals surface area contributed by atoms with Crippen LogP contribution in [0.5, 0.6) is 0 Å². The molecule has 0 spiro atoms. The molecule has 1 amide bonds. The van der Waals surface area contributed by atoms with Crippen LogP contribution in [0.3, 0.4) is 0 Å². The lowest BCUT2D eigenvalue weighted by Crippen LogP contribution is -2.16. The number of nitrogens with two attached hydrogens (primary N) is 1. The largest absolute Gasteiger partial charge is 0.399 e. The number of thiazole rings is 1. The Bertz CT molecular complexity index is 846. The van der Waals surface area contributed by atoms with Gasteiger partial charge in [-0.15, -0.1) is 0 Å². The van der Waals surface area contributed by atoms with Gasteiger partial charge in [-0.05, 0) is 24.3 Å². The number of benzene rings is 1. The second kappa shape index (κ2) is 6.04. The number of rotatable bonds is 3. The lowest BCUT2D eigenvalue weighted by Gasteiger charge is -2.16. The summed E-state index contributed by atoms with van der Waals surface area (Å²) in [6.45, 7) is 6.19. The summed E-state index contributed by atoms with van der Waals surface area (Å²) in [6.07, 6.45) is 3.09. The average molecular weight is 342 g/mol. The number of anilines is 2. The molecule has 0 radical (unpaired) electrons. The summed E-state index contributed by atoms with van der Waals surface area (Å²) in [7, 11) is 0. The summed E-state index contributed by atoms with van der Waals surface area (Å²) in [4.78, 5) is 20.9. The van der Waals surface area contributed by atoms with E-state index in [0.717, 1.165) is 10.7 Å². The van der Waals surface area contributed by atoms with Crippen molar-refractivity contribution in [3.63, 3.8) is 0 Å². The Morgan fingerprint density at radius 3 is 2.54 bits per heavy atom. The van der Waals surface area contributed by atoms with Crippen LogP contribution in [-0.4, -0.2) is 25.7 Å². The van der Waals surface area contributed by atoms with Crippen LogP contribution in [0.2, 0.25) is 0 Å². The molecule has 124 valence electrons. The molecular weight excluding hydrogens is 324 g/mol. The van der Waals surface area contributed by atoms with Gasteiger partial charge in [-0.1, -0.05) is 32.1 Å². The van der Waals surface area contributed by atoms with Gasteiger partial charge in [0.2, 0.25) is 0 Å². The SMILES string of the molecule is CC(C)(C)c1nc(NC(=O)c2ccc(N)cc2)sc1-n1cncn1. The maximum Gasteiger partial charge on any atom is 0.257 e. The highest BCUT2D eigenvalue weighted by Gasteiger charge is 2.25. The molecule has 0 saturated heterocycles. The van der Waals surface area contributed by atoms with Crippen LogP contribution in [-0.2, 0) is 5.41 Å². The second-order valence-corrected chi connectivity index (χ2v) is 7.32. The molecule has 3 N–H and O–H groups in total. The fourth-order valence-electron chi connectivity index (χ4n) is 2.13. The third-order valence-electron chi connectivity index (χ3n) is 3.34. The number of hydrogen-bond donors (Lipinski definition) is 2. The molecule has 2 heterocycles. The smallest absolute Gasteiger partial charge is 0.257 e. The summed E-state index contributed by atoms with van der Waals surface area (Å²) in [6, 6.07) is 6.75. The molecular formula is C16H18N6OS. The van der Waals surface area contributed by atoms with Gasteiger partial charge in [-0.25, -0.2) is 14.6 Å². The van der Waals surface area contributed by atoms with E-state index in [1.807, 2.05) is 0 Å². The maximum absolute atomic E-state index is 12.4. The summed E-state index contributed by atoms with van der Waals surface area (Å²) >= 11 is 1.36. The van der Waals surface area contributed by atoms with E-state index < -0.39 is 0 Å². The third kappa shape index (κ3) is 3.28.